The number of non-ortho nitro benzene ring substituents is 1. The summed E-state index contributed by atoms with van der Waals surface area (Å²) in [7, 11) is 0. The predicted molar refractivity (Wildman–Crippen MR) is 82.4 cm³/mol. The summed E-state index contributed by atoms with van der Waals surface area (Å²) in [5, 5.41) is 10.7. The molecule has 0 bridgehead atoms. The van der Waals surface area contributed by atoms with Crippen LogP contribution in [0, 0.1) is 16.0 Å². The fourth-order valence-electron chi connectivity index (χ4n) is 2.55. The zero-order valence-electron chi connectivity index (χ0n) is 11.7. The Morgan fingerprint density at radius 2 is 2.24 bits per heavy atom. The smallest absolute Gasteiger partial charge is 0.269 e. The van der Waals surface area contributed by atoms with Crippen molar-refractivity contribution >= 4 is 24.0 Å². The number of benzene rings is 1. The maximum atomic E-state index is 12.2. The number of carbonyl (C=O) groups excluding carboxylic acids is 1. The maximum absolute atomic E-state index is 12.2. The predicted octanol–water partition coefficient (Wildman–Crippen LogP) is 1.76. The Balaban J connectivity index is 0.00000220. The molecule has 0 aliphatic carbocycles. The molecule has 1 amide bonds. The number of nitro groups is 1. The van der Waals surface area contributed by atoms with E-state index in [-0.39, 0.29) is 30.4 Å². The maximum Gasteiger partial charge on any atom is 0.269 e. The van der Waals surface area contributed by atoms with E-state index in [2.05, 4.69) is 0 Å². The zero-order chi connectivity index (χ0) is 14.5. The van der Waals surface area contributed by atoms with Crippen LogP contribution in [0.5, 0.6) is 0 Å². The highest BCUT2D eigenvalue weighted by molar-refractivity contribution is 5.85. The quantitative estimate of drug-likeness (QED) is 0.677. The van der Waals surface area contributed by atoms with E-state index in [1.807, 2.05) is 4.90 Å². The molecule has 7 heteroatoms. The molecular weight excluding hydrogens is 294 g/mol. The summed E-state index contributed by atoms with van der Waals surface area (Å²) in [6.07, 6.45) is 2.25. The number of nitro benzene ring substituents is 1. The number of nitrogens with zero attached hydrogens (tertiary/aromatic N) is 2. The van der Waals surface area contributed by atoms with E-state index in [0.717, 1.165) is 19.4 Å². The van der Waals surface area contributed by atoms with Crippen LogP contribution in [-0.4, -0.2) is 35.4 Å². The van der Waals surface area contributed by atoms with Gasteiger partial charge in [-0.15, -0.1) is 12.4 Å². The lowest BCUT2D eigenvalue weighted by Gasteiger charge is -2.32. The Hall–Kier alpha value is -1.66. The highest BCUT2D eigenvalue weighted by atomic mass is 35.5. The summed E-state index contributed by atoms with van der Waals surface area (Å²) in [4.78, 5) is 24.3. The second-order valence-electron chi connectivity index (χ2n) is 5.19. The topological polar surface area (TPSA) is 89.5 Å². The molecule has 116 valence electrons. The second kappa shape index (κ2) is 7.95. The first-order valence-electron chi connectivity index (χ1n) is 6.81. The van der Waals surface area contributed by atoms with Crippen molar-refractivity contribution in [3.63, 3.8) is 0 Å². The van der Waals surface area contributed by atoms with E-state index in [0.29, 0.717) is 24.6 Å². The molecule has 0 saturated carbocycles. The fraction of sp³-hybridized carbons (Fsp3) is 0.500. The highest BCUT2D eigenvalue weighted by Crippen LogP contribution is 2.18. The first kappa shape index (κ1) is 17.4. The Bertz CT molecular complexity index is 510. The number of likely N-dealkylation sites (tertiary alicyclic amines) is 1. The van der Waals surface area contributed by atoms with Crippen molar-refractivity contribution in [2.75, 3.05) is 19.6 Å². The number of piperidine rings is 1. The molecule has 0 spiro atoms. The van der Waals surface area contributed by atoms with Crippen molar-refractivity contribution in [1.82, 2.24) is 4.90 Å². The Morgan fingerprint density at radius 1 is 1.48 bits per heavy atom. The van der Waals surface area contributed by atoms with Gasteiger partial charge in [0.05, 0.1) is 11.3 Å². The summed E-state index contributed by atoms with van der Waals surface area (Å²) in [5.74, 6) is 0.390. The molecule has 2 N–H and O–H groups in total. The monoisotopic (exact) mass is 313 g/mol. The van der Waals surface area contributed by atoms with Crippen molar-refractivity contribution in [1.29, 1.82) is 0 Å². The van der Waals surface area contributed by atoms with Crippen molar-refractivity contribution in [2.24, 2.45) is 11.7 Å². The third-order valence-corrected chi connectivity index (χ3v) is 3.68. The van der Waals surface area contributed by atoms with Crippen LogP contribution in [0.15, 0.2) is 24.3 Å². The van der Waals surface area contributed by atoms with Gasteiger partial charge >= 0.3 is 0 Å². The van der Waals surface area contributed by atoms with Crippen LogP contribution in [0.3, 0.4) is 0 Å². The summed E-state index contributed by atoms with van der Waals surface area (Å²) < 4.78 is 0. The molecule has 1 unspecified atom stereocenters. The van der Waals surface area contributed by atoms with Crippen LogP contribution < -0.4 is 5.73 Å². The van der Waals surface area contributed by atoms with Gasteiger partial charge in [-0.2, -0.15) is 0 Å². The average molecular weight is 314 g/mol. The van der Waals surface area contributed by atoms with Crippen molar-refractivity contribution in [2.45, 2.75) is 19.3 Å². The van der Waals surface area contributed by atoms with E-state index >= 15 is 0 Å². The molecule has 1 aliphatic heterocycles. The van der Waals surface area contributed by atoms with E-state index in [9.17, 15) is 14.9 Å². The number of hydrogen-bond donors (Lipinski definition) is 1. The summed E-state index contributed by atoms with van der Waals surface area (Å²) in [6.45, 7) is 2.05. The first-order valence-corrected chi connectivity index (χ1v) is 6.81. The van der Waals surface area contributed by atoms with Gasteiger partial charge in [-0.05, 0) is 30.9 Å². The SMILES string of the molecule is Cl.NCC1CCCN(C(=O)Cc2cccc([N+](=O)[O-])c2)C1. The lowest BCUT2D eigenvalue weighted by atomic mass is 9.97. The van der Waals surface area contributed by atoms with Gasteiger partial charge in [-0.1, -0.05) is 12.1 Å². The van der Waals surface area contributed by atoms with E-state index in [4.69, 9.17) is 5.73 Å². The van der Waals surface area contributed by atoms with Gasteiger partial charge in [0.2, 0.25) is 5.91 Å². The van der Waals surface area contributed by atoms with Crippen molar-refractivity contribution in [3.05, 3.63) is 39.9 Å². The minimum Gasteiger partial charge on any atom is -0.342 e. The van der Waals surface area contributed by atoms with E-state index in [1.54, 1.807) is 12.1 Å². The summed E-state index contributed by atoms with van der Waals surface area (Å²) in [6, 6.07) is 6.25. The largest absolute Gasteiger partial charge is 0.342 e. The first-order chi connectivity index (χ1) is 9.60. The average Bonchev–Trinajstić information content (AvgIpc) is 2.47. The highest BCUT2D eigenvalue weighted by Gasteiger charge is 2.23. The fourth-order valence-corrected chi connectivity index (χ4v) is 2.55. The number of hydrogen-bond acceptors (Lipinski definition) is 4. The van der Waals surface area contributed by atoms with E-state index < -0.39 is 4.92 Å². The molecular formula is C14H20ClN3O3. The van der Waals surface area contributed by atoms with Gasteiger partial charge in [0, 0.05) is 25.2 Å². The third-order valence-electron chi connectivity index (χ3n) is 3.68. The third kappa shape index (κ3) is 4.68. The van der Waals surface area contributed by atoms with Crippen LogP contribution >= 0.6 is 12.4 Å². The Morgan fingerprint density at radius 3 is 2.90 bits per heavy atom. The number of carbonyl (C=O) groups is 1. The van der Waals surface area contributed by atoms with Crippen molar-refractivity contribution in [3.8, 4) is 0 Å². The van der Waals surface area contributed by atoms with Crippen LogP contribution in [-0.2, 0) is 11.2 Å². The molecule has 1 atom stereocenters. The molecule has 1 heterocycles. The van der Waals surface area contributed by atoms with Gasteiger partial charge in [0.1, 0.15) is 0 Å². The molecule has 6 nitrogen and oxygen atoms in total. The summed E-state index contributed by atoms with van der Waals surface area (Å²) in [5.41, 5.74) is 6.36. The number of rotatable bonds is 4. The molecule has 1 aromatic rings. The number of amides is 1. The van der Waals surface area contributed by atoms with Crippen LogP contribution in [0.2, 0.25) is 0 Å². The number of halogens is 1. The van der Waals surface area contributed by atoms with Gasteiger partial charge < -0.3 is 10.6 Å². The normalized spacial score (nSPS) is 18.0. The standard InChI is InChI=1S/C14H19N3O3.ClH/c15-9-12-4-2-6-16(10-12)14(18)8-11-3-1-5-13(7-11)17(19)20;/h1,3,5,7,12H,2,4,6,8-10,15H2;1H. The molecule has 21 heavy (non-hydrogen) atoms. The molecule has 1 aliphatic rings. The van der Waals surface area contributed by atoms with Crippen molar-refractivity contribution < 1.29 is 9.72 Å². The van der Waals surface area contributed by atoms with Gasteiger partial charge in [-0.25, -0.2) is 0 Å². The molecule has 1 aromatic carbocycles. The van der Waals surface area contributed by atoms with Gasteiger partial charge in [0.25, 0.3) is 5.69 Å². The molecule has 2 rings (SSSR count). The van der Waals surface area contributed by atoms with Crippen LogP contribution in [0.25, 0.3) is 0 Å². The molecule has 0 aromatic heterocycles. The zero-order valence-corrected chi connectivity index (χ0v) is 12.6. The second-order valence-corrected chi connectivity index (χ2v) is 5.19. The number of nitrogens with two attached hydrogens (primary N) is 1. The minimum absolute atomic E-state index is 0. The van der Waals surface area contributed by atoms with E-state index in [1.165, 1.54) is 12.1 Å². The van der Waals surface area contributed by atoms with Crippen LogP contribution in [0.1, 0.15) is 18.4 Å². The lowest BCUT2D eigenvalue weighted by Crippen LogP contribution is -2.42. The molecule has 1 saturated heterocycles. The van der Waals surface area contributed by atoms with Gasteiger partial charge in [-0.3, -0.25) is 14.9 Å². The summed E-state index contributed by atoms with van der Waals surface area (Å²) >= 11 is 0. The molecule has 1 fully saturated rings. The lowest BCUT2D eigenvalue weighted by molar-refractivity contribution is -0.384. The minimum atomic E-state index is -0.445. The molecule has 0 radical (unpaired) electrons. The van der Waals surface area contributed by atoms with Crippen LogP contribution in [0.4, 0.5) is 5.69 Å². The Labute approximate surface area is 129 Å². The Kier molecular flexibility index (Phi) is 6.58. The van der Waals surface area contributed by atoms with Gasteiger partial charge in [0.15, 0.2) is 0 Å².